The molecule has 0 radical (unpaired) electrons. The Bertz CT molecular complexity index is 427. The lowest BCUT2D eigenvalue weighted by atomic mass is 9.95. The largest absolute Gasteiger partial charge is 0.472 e. The second-order valence-corrected chi connectivity index (χ2v) is 5.70. The topological polar surface area (TPSA) is 70.3 Å². The standard InChI is InChI=1S/C14H25N3O2/c1-7-18-8-9(2)19-12-10(3)11(15)16-13(17-12)14(4,5)6/h9H,7-8H2,1-6H3,(H2,15,16,17). The first-order valence-electron chi connectivity index (χ1n) is 6.64. The summed E-state index contributed by atoms with van der Waals surface area (Å²) in [6.45, 7) is 13.1. The molecule has 0 aliphatic carbocycles. The van der Waals surface area contributed by atoms with E-state index in [9.17, 15) is 0 Å². The summed E-state index contributed by atoms with van der Waals surface area (Å²) in [5, 5.41) is 0. The first-order valence-corrected chi connectivity index (χ1v) is 6.64. The van der Waals surface area contributed by atoms with Crippen molar-refractivity contribution < 1.29 is 9.47 Å². The van der Waals surface area contributed by atoms with E-state index in [0.29, 0.717) is 30.7 Å². The number of nitrogen functional groups attached to an aromatic ring is 1. The number of anilines is 1. The molecular weight excluding hydrogens is 242 g/mol. The van der Waals surface area contributed by atoms with Gasteiger partial charge in [0.2, 0.25) is 5.88 Å². The highest BCUT2D eigenvalue weighted by Gasteiger charge is 2.21. The van der Waals surface area contributed by atoms with Crippen molar-refractivity contribution in [2.45, 2.75) is 53.1 Å². The van der Waals surface area contributed by atoms with Crippen LogP contribution in [0.2, 0.25) is 0 Å². The monoisotopic (exact) mass is 267 g/mol. The van der Waals surface area contributed by atoms with E-state index in [-0.39, 0.29) is 11.5 Å². The molecule has 1 rings (SSSR count). The van der Waals surface area contributed by atoms with Crippen LogP contribution in [0, 0.1) is 6.92 Å². The predicted octanol–water partition coefficient (Wildman–Crippen LogP) is 2.47. The lowest BCUT2D eigenvalue weighted by Gasteiger charge is -2.21. The van der Waals surface area contributed by atoms with E-state index < -0.39 is 0 Å². The van der Waals surface area contributed by atoms with Crippen LogP contribution in [0.15, 0.2) is 0 Å². The number of hydrogen-bond acceptors (Lipinski definition) is 5. The van der Waals surface area contributed by atoms with Crippen LogP contribution < -0.4 is 10.5 Å². The van der Waals surface area contributed by atoms with E-state index in [1.165, 1.54) is 0 Å². The minimum absolute atomic E-state index is 0.0687. The molecule has 0 bridgehead atoms. The molecule has 5 heteroatoms. The third-order valence-electron chi connectivity index (χ3n) is 2.68. The van der Waals surface area contributed by atoms with Gasteiger partial charge in [0.1, 0.15) is 17.7 Å². The molecule has 1 aromatic heterocycles. The minimum Gasteiger partial charge on any atom is -0.472 e. The first kappa shape index (κ1) is 15.7. The summed E-state index contributed by atoms with van der Waals surface area (Å²) >= 11 is 0. The molecule has 0 spiro atoms. The molecule has 0 aliphatic rings. The quantitative estimate of drug-likeness (QED) is 0.887. The fourth-order valence-corrected chi connectivity index (χ4v) is 1.47. The third kappa shape index (κ3) is 4.35. The maximum Gasteiger partial charge on any atom is 0.222 e. The fourth-order valence-electron chi connectivity index (χ4n) is 1.47. The van der Waals surface area contributed by atoms with E-state index in [4.69, 9.17) is 15.2 Å². The Morgan fingerprint density at radius 2 is 1.89 bits per heavy atom. The average Bonchev–Trinajstić information content (AvgIpc) is 2.30. The Morgan fingerprint density at radius 3 is 2.42 bits per heavy atom. The second-order valence-electron chi connectivity index (χ2n) is 5.70. The molecule has 1 aromatic rings. The zero-order valence-corrected chi connectivity index (χ0v) is 12.8. The van der Waals surface area contributed by atoms with Crippen molar-refractivity contribution in [2.75, 3.05) is 18.9 Å². The van der Waals surface area contributed by atoms with E-state index in [1.807, 2.05) is 41.5 Å². The van der Waals surface area contributed by atoms with Crippen LogP contribution in [0.3, 0.4) is 0 Å². The Balaban J connectivity index is 2.96. The molecule has 0 fully saturated rings. The van der Waals surface area contributed by atoms with Gasteiger partial charge in [0.25, 0.3) is 0 Å². The number of nitrogens with two attached hydrogens (primary N) is 1. The molecule has 2 N–H and O–H groups in total. The summed E-state index contributed by atoms with van der Waals surface area (Å²) in [6.07, 6.45) is -0.0687. The highest BCUT2D eigenvalue weighted by molar-refractivity contribution is 5.45. The summed E-state index contributed by atoms with van der Waals surface area (Å²) < 4.78 is 11.1. The van der Waals surface area contributed by atoms with E-state index >= 15 is 0 Å². The lowest BCUT2D eigenvalue weighted by Crippen LogP contribution is -2.23. The second kappa shape index (κ2) is 6.19. The predicted molar refractivity (Wildman–Crippen MR) is 76.5 cm³/mol. The molecule has 0 saturated carbocycles. The summed E-state index contributed by atoms with van der Waals surface area (Å²) in [5.74, 6) is 1.71. The SMILES string of the molecule is CCOCC(C)Oc1nc(C(C)(C)C)nc(N)c1C. The first-order chi connectivity index (χ1) is 8.75. The van der Waals surface area contributed by atoms with Gasteiger partial charge in [-0.05, 0) is 20.8 Å². The zero-order chi connectivity index (χ0) is 14.6. The van der Waals surface area contributed by atoms with Gasteiger partial charge >= 0.3 is 0 Å². The fraction of sp³-hybridized carbons (Fsp3) is 0.714. The molecule has 1 unspecified atom stereocenters. The van der Waals surface area contributed by atoms with Crippen molar-refractivity contribution >= 4 is 5.82 Å². The van der Waals surface area contributed by atoms with Crippen LogP contribution in [0.25, 0.3) is 0 Å². The third-order valence-corrected chi connectivity index (χ3v) is 2.68. The smallest absolute Gasteiger partial charge is 0.222 e. The Hall–Kier alpha value is -1.36. The van der Waals surface area contributed by atoms with Gasteiger partial charge in [0, 0.05) is 12.0 Å². The Labute approximate surface area is 115 Å². The summed E-state index contributed by atoms with van der Waals surface area (Å²) in [4.78, 5) is 8.81. The maximum atomic E-state index is 5.93. The van der Waals surface area contributed by atoms with E-state index in [1.54, 1.807) is 0 Å². The number of aromatic nitrogens is 2. The van der Waals surface area contributed by atoms with Crippen LogP contribution in [-0.4, -0.2) is 29.3 Å². The molecule has 5 nitrogen and oxygen atoms in total. The molecule has 0 saturated heterocycles. The summed E-state index contributed by atoms with van der Waals surface area (Å²) in [7, 11) is 0. The average molecular weight is 267 g/mol. The van der Waals surface area contributed by atoms with Gasteiger partial charge in [-0.1, -0.05) is 20.8 Å². The molecule has 1 heterocycles. The van der Waals surface area contributed by atoms with Crippen LogP contribution >= 0.6 is 0 Å². The number of hydrogen-bond donors (Lipinski definition) is 1. The zero-order valence-electron chi connectivity index (χ0n) is 12.8. The van der Waals surface area contributed by atoms with E-state index in [0.717, 1.165) is 5.56 Å². The molecule has 108 valence electrons. The summed E-state index contributed by atoms with van der Waals surface area (Å²) in [5.41, 5.74) is 6.54. The Kier molecular flexibility index (Phi) is 5.11. The molecule has 0 aromatic carbocycles. The van der Waals surface area contributed by atoms with Crippen LogP contribution in [0.1, 0.15) is 46.0 Å². The van der Waals surface area contributed by atoms with E-state index in [2.05, 4.69) is 9.97 Å². The molecule has 0 amide bonds. The molecular formula is C14H25N3O2. The minimum atomic E-state index is -0.164. The van der Waals surface area contributed by atoms with Gasteiger partial charge in [0.15, 0.2) is 0 Å². The van der Waals surface area contributed by atoms with Gasteiger partial charge < -0.3 is 15.2 Å². The maximum absolute atomic E-state index is 5.93. The number of nitrogens with zero attached hydrogens (tertiary/aromatic N) is 2. The van der Waals surface area contributed by atoms with Gasteiger partial charge in [0.05, 0.1) is 12.2 Å². The normalized spacial score (nSPS) is 13.4. The van der Waals surface area contributed by atoms with Gasteiger partial charge in [-0.25, -0.2) is 4.98 Å². The molecule has 0 aliphatic heterocycles. The molecule has 1 atom stereocenters. The summed E-state index contributed by atoms with van der Waals surface area (Å²) in [6, 6.07) is 0. The Morgan fingerprint density at radius 1 is 1.26 bits per heavy atom. The van der Waals surface area contributed by atoms with Crippen LogP contribution in [0.5, 0.6) is 5.88 Å². The van der Waals surface area contributed by atoms with Crippen molar-refractivity contribution in [1.29, 1.82) is 0 Å². The van der Waals surface area contributed by atoms with Gasteiger partial charge in [-0.2, -0.15) is 4.98 Å². The highest BCUT2D eigenvalue weighted by Crippen LogP contribution is 2.26. The molecule has 19 heavy (non-hydrogen) atoms. The van der Waals surface area contributed by atoms with Crippen molar-refractivity contribution in [3.8, 4) is 5.88 Å². The van der Waals surface area contributed by atoms with Crippen molar-refractivity contribution in [3.05, 3.63) is 11.4 Å². The van der Waals surface area contributed by atoms with Crippen molar-refractivity contribution in [3.63, 3.8) is 0 Å². The van der Waals surface area contributed by atoms with Crippen molar-refractivity contribution in [1.82, 2.24) is 9.97 Å². The van der Waals surface area contributed by atoms with Gasteiger partial charge in [-0.3, -0.25) is 0 Å². The lowest BCUT2D eigenvalue weighted by molar-refractivity contribution is 0.0627. The number of rotatable bonds is 5. The highest BCUT2D eigenvalue weighted by atomic mass is 16.5. The van der Waals surface area contributed by atoms with Crippen LogP contribution in [-0.2, 0) is 10.2 Å². The number of ether oxygens (including phenoxy) is 2. The van der Waals surface area contributed by atoms with Crippen LogP contribution in [0.4, 0.5) is 5.82 Å². The van der Waals surface area contributed by atoms with Gasteiger partial charge in [-0.15, -0.1) is 0 Å². The van der Waals surface area contributed by atoms with Crippen molar-refractivity contribution in [2.24, 2.45) is 0 Å².